The van der Waals surface area contributed by atoms with E-state index in [4.69, 9.17) is 9.47 Å². The van der Waals surface area contributed by atoms with E-state index in [2.05, 4.69) is 31.0 Å². The molecule has 0 radical (unpaired) electrons. The molecule has 3 aromatic carbocycles. The molecule has 0 unspecified atom stereocenters. The van der Waals surface area contributed by atoms with Crippen molar-refractivity contribution in [2.45, 2.75) is 26.7 Å². The highest BCUT2D eigenvalue weighted by molar-refractivity contribution is 5.91. The Morgan fingerprint density at radius 2 is 1.52 bits per heavy atom. The van der Waals surface area contributed by atoms with E-state index < -0.39 is 5.97 Å². The van der Waals surface area contributed by atoms with Crippen LogP contribution in [0.25, 0.3) is 0 Å². The molecule has 0 saturated heterocycles. The SMILES string of the molecule is CCOc1ccc(C(=O)Oc2ccc(C=Nc3ccc(C(C)C)cc3)cc2)cc1. The highest BCUT2D eigenvalue weighted by Gasteiger charge is 2.08. The number of hydrogen-bond acceptors (Lipinski definition) is 4. The van der Waals surface area contributed by atoms with Gasteiger partial charge < -0.3 is 9.47 Å². The maximum absolute atomic E-state index is 12.3. The van der Waals surface area contributed by atoms with Crippen molar-refractivity contribution in [1.82, 2.24) is 0 Å². The highest BCUT2D eigenvalue weighted by Crippen LogP contribution is 2.20. The molecule has 0 saturated carbocycles. The number of nitrogens with zero attached hydrogens (tertiary/aromatic N) is 1. The van der Waals surface area contributed by atoms with Gasteiger partial charge in [-0.3, -0.25) is 4.99 Å². The minimum absolute atomic E-state index is 0.403. The highest BCUT2D eigenvalue weighted by atomic mass is 16.5. The summed E-state index contributed by atoms with van der Waals surface area (Å²) in [5, 5.41) is 0. The second-order valence-electron chi connectivity index (χ2n) is 6.92. The second kappa shape index (κ2) is 9.69. The number of carbonyl (C=O) groups is 1. The number of hydrogen-bond donors (Lipinski definition) is 0. The van der Waals surface area contributed by atoms with Gasteiger partial charge in [0, 0.05) is 6.21 Å². The average Bonchev–Trinajstić information content (AvgIpc) is 2.74. The second-order valence-corrected chi connectivity index (χ2v) is 6.92. The maximum Gasteiger partial charge on any atom is 0.343 e. The van der Waals surface area contributed by atoms with Crippen molar-refractivity contribution in [1.29, 1.82) is 0 Å². The summed E-state index contributed by atoms with van der Waals surface area (Å²) in [4.78, 5) is 16.8. The van der Waals surface area contributed by atoms with Crippen molar-refractivity contribution in [3.8, 4) is 11.5 Å². The molecule has 0 bridgehead atoms. The van der Waals surface area contributed by atoms with Crippen LogP contribution in [0, 0.1) is 0 Å². The minimum atomic E-state index is -0.403. The summed E-state index contributed by atoms with van der Waals surface area (Å²) >= 11 is 0. The van der Waals surface area contributed by atoms with Crippen molar-refractivity contribution >= 4 is 17.9 Å². The van der Waals surface area contributed by atoms with Crippen LogP contribution in [-0.2, 0) is 0 Å². The van der Waals surface area contributed by atoms with Crippen LogP contribution in [0.1, 0.15) is 48.2 Å². The first-order valence-corrected chi connectivity index (χ1v) is 9.74. The van der Waals surface area contributed by atoms with Crippen molar-refractivity contribution in [2.24, 2.45) is 4.99 Å². The van der Waals surface area contributed by atoms with Crippen LogP contribution >= 0.6 is 0 Å². The normalized spacial score (nSPS) is 11.0. The monoisotopic (exact) mass is 387 g/mol. The fraction of sp³-hybridized carbons (Fsp3) is 0.200. The fourth-order valence-corrected chi connectivity index (χ4v) is 2.74. The molecule has 0 aliphatic heterocycles. The zero-order valence-corrected chi connectivity index (χ0v) is 17.0. The molecule has 0 N–H and O–H groups in total. The summed E-state index contributed by atoms with van der Waals surface area (Å²) in [6, 6.07) is 22.4. The molecular weight excluding hydrogens is 362 g/mol. The van der Waals surface area contributed by atoms with Gasteiger partial charge in [-0.05, 0) is 84.6 Å². The first kappa shape index (κ1) is 20.3. The number of esters is 1. The summed E-state index contributed by atoms with van der Waals surface area (Å²) < 4.78 is 10.8. The molecular formula is C25H25NO3. The van der Waals surface area contributed by atoms with E-state index in [1.54, 1.807) is 42.6 Å². The molecule has 4 heteroatoms. The average molecular weight is 387 g/mol. The van der Waals surface area contributed by atoms with Crippen LogP contribution in [0.3, 0.4) is 0 Å². The zero-order chi connectivity index (χ0) is 20.6. The van der Waals surface area contributed by atoms with Gasteiger partial charge >= 0.3 is 5.97 Å². The first-order valence-electron chi connectivity index (χ1n) is 9.74. The third kappa shape index (κ3) is 5.79. The Labute approximate surface area is 171 Å². The maximum atomic E-state index is 12.3. The summed E-state index contributed by atoms with van der Waals surface area (Å²) in [6.45, 7) is 6.84. The van der Waals surface area contributed by atoms with E-state index in [9.17, 15) is 4.79 Å². The molecule has 0 heterocycles. The Morgan fingerprint density at radius 1 is 0.897 bits per heavy atom. The Morgan fingerprint density at radius 3 is 2.10 bits per heavy atom. The number of carbonyl (C=O) groups excluding carboxylic acids is 1. The standard InChI is InChI=1S/C25H25NO3/c1-4-28-23-15-9-21(10-16-23)25(27)29-24-13-5-19(6-14-24)17-26-22-11-7-20(8-12-22)18(2)3/h5-18H,4H2,1-3H3. The van der Waals surface area contributed by atoms with Crippen LogP contribution in [0.5, 0.6) is 11.5 Å². The summed E-state index contributed by atoms with van der Waals surface area (Å²) in [6.07, 6.45) is 1.79. The van der Waals surface area contributed by atoms with Crippen molar-refractivity contribution in [3.05, 3.63) is 89.5 Å². The lowest BCUT2D eigenvalue weighted by atomic mass is 10.0. The Balaban J connectivity index is 1.60. The summed E-state index contributed by atoms with van der Waals surface area (Å²) in [5.74, 6) is 1.32. The fourth-order valence-electron chi connectivity index (χ4n) is 2.74. The van der Waals surface area contributed by atoms with Gasteiger partial charge in [-0.15, -0.1) is 0 Å². The predicted molar refractivity (Wildman–Crippen MR) is 117 cm³/mol. The smallest absolute Gasteiger partial charge is 0.343 e. The molecule has 0 amide bonds. The van der Waals surface area contributed by atoms with Gasteiger partial charge in [0.2, 0.25) is 0 Å². The first-order chi connectivity index (χ1) is 14.0. The number of aliphatic imine (C=N–C) groups is 1. The van der Waals surface area contributed by atoms with Crippen molar-refractivity contribution in [3.63, 3.8) is 0 Å². The van der Waals surface area contributed by atoms with E-state index in [1.165, 1.54) is 5.56 Å². The number of rotatable bonds is 7. The molecule has 0 aliphatic rings. The lowest BCUT2D eigenvalue weighted by molar-refractivity contribution is 0.0734. The molecule has 29 heavy (non-hydrogen) atoms. The van der Waals surface area contributed by atoms with Crippen LogP contribution < -0.4 is 9.47 Å². The third-order valence-corrected chi connectivity index (χ3v) is 4.41. The van der Waals surface area contributed by atoms with Crippen LogP contribution in [0.4, 0.5) is 5.69 Å². The van der Waals surface area contributed by atoms with Crippen molar-refractivity contribution < 1.29 is 14.3 Å². The molecule has 3 rings (SSSR count). The molecule has 4 nitrogen and oxygen atoms in total. The lowest BCUT2D eigenvalue weighted by Crippen LogP contribution is -2.08. The van der Waals surface area contributed by atoms with Crippen LogP contribution in [-0.4, -0.2) is 18.8 Å². The zero-order valence-electron chi connectivity index (χ0n) is 17.0. The topological polar surface area (TPSA) is 47.9 Å². The molecule has 0 aromatic heterocycles. The number of benzene rings is 3. The van der Waals surface area contributed by atoms with Crippen molar-refractivity contribution in [2.75, 3.05) is 6.61 Å². The van der Waals surface area contributed by atoms with Gasteiger partial charge in [-0.1, -0.05) is 26.0 Å². The lowest BCUT2D eigenvalue weighted by Gasteiger charge is -2.06. The third-order valence-electron chi connectivity index (χ3n) is 4.41. The Hall–Kier alpha value is -3.40. The number of ether oxygens (including phenoxy) is 2. The molecule has 0 spiro atoms. The van der Waals surface area contributed by atoms with E-state index in [1.807, 2.05) is 31.2 Å². The molecule has 148 valence electrons. The van der Waals surface area contributed by atoms with E-state index in [-0.39, 0.29) is 0 Å². The van der Waals surface area contributed by atoms with Gasteiger partial charge in [0.25, 0.3) is 0 Å². The summed E-state index contributed by atoms with van der Waals surface area (Å²) in [5.41, 5.74) is 3.60. The van der Waals surface area contributed by atoms with Gasteiger partial charge in [0.05, 0.1) is 17.9 Å². The van der Waals surface area contributed by atoms with Gasteiger partial charge in [0.1, 0.15) is 11.5 Å². The van der Waals surface area contributed by atoms with E-state index in [0.29, 0.717) is 23.8 Å². The molecule has 0 fully saturated rings. The Bertz CT molecular complexity index is 956. The van der Waals surface area contributed by atoms with Crippen LogP contribution in [0.15, 0.2) is 77.8 Å². The van der Waals surface area contributed by atoms with Gasteiger partial charge in [-0.2, -0.15) is 0 Å². The molecule has 0 aliphatic carbocycles. The Kier molecular flexibility index (Phi) is 6.80. The summed E-state index contributed by atoms with van der Waals surface area (Å²) in [7, 11) is 0. The van der Waals surface area contributed by atoms with E-state index in [0.717, 1.165) is 17.0 Å². The van der Waals surface area contributed by atoms with Gasteiger partial charge in [0.15, 0.2) is 0 Å². The molecule has 3 aromatic rings. The molecule has 0 atom stereocenters. The van der Waals surface area contributed by atoms with Crippen LogP contribution in [0.2, 0.25) is 0 Å². The minimum Gasteiger partial charge on any atom is -0.494 e. The largest absolute Gasteiger partial charge is 0.494 e. The van der Waals surface area contributed by atoms with Gasteiger partial charge in [-0.25, -0.2) is 4.79 Å². The quantitative estimate of drug-likeness (QED) is 0.276. The predicted octanol–water partition coefficient (Wildman–Crippen LogP) is 6.18. The van der Waals surface area contributed by atoms with E-state index >= 15 is 0 Å².